The molecule has 0 amide bonds. The molecule has 4 saturated carbocycles. The van der Waals surface area contributed by atoms with E-state index in [4.69, 9.17) is 0 Å². The fourth-order valence-electron chi connectivity index (χ4n) is 8.09. The summed E-state index contributed by atoms with van der Waals surface area (Å²) in [5.74, 6) is 3.21. The minimum Gasteiger partial charge on any atom is -0.179 e. The maximum absolute atomic E-state index is 3.30. The van der Waals surface area contributed by atoms with E-state index in [0.717, 1.165) is 30.6 Å². The van der Waals surface area contributed by atoms with Crippen LogP contribution in [0, 0.1) is 30.7 Å². The topological polar surface area (TPSA) is 0 Å². The molecule has 0 aliphatic heterocycles. The van der Waals surface area contributed by atoms with Crippen molar-refractivity contribution in [2.45, 2.75) is 63.7 Å². The Kier molecular flexibility index (Phi) is 11.0. The number of fused-ring (bicyclic) bond motifs is 3. The fourth-order valence-corrected chi connectivity index (χ4v) is 8.67. The molecule has 0 heterocycles. The van der Waals surface area contributed by atoms with Crippen LogP contribution < -0.4 is 24.8 Å². The van der Waals surface area contributed by atoms with E-state index >= 15 is 0 Å². The Morgan fingerprint density at radius 1 is 0.850 bits per heavy atom. The van der Waals surface area contributed by atoms with E-state index in [1.165, 1.54) is 76.9 Å². The second-order valence-corrected chi connectivity index (χ2v) is 13.2. The number of benzene rings is 3. The van der Waals surface area contributed by atoms with Crippen LogP contribution in [0.1, 0.15) is 66.3 Å². The van der Waals surface area contributed by atoms with E-state index in [9.17, 15) is 0 Å². The smallest absolute Gasteiger partial charge is 0.0253 e. The van der Waals surface area contributed by atoms with Gasteiger partial charge in [0.2, 0.25) is 0 Å². The third-order valence-electron chi connectivity index (χ3n) is 9.36. The first kappa shape index (κ1) is 31.3. The van der Waals surface area contributed by atoms with Crippen LogP contribution in [-0.2, 0) is 42.5 Å². The molecule has 4 fully saturated rings. The van der Waals surface area contributed by atoms with E-state index in [2.05, 4.69) is 95.6 Å². The summed E-state index contributed by atoms with van der Waals surface area (Å²) in [5, 5.41) is 0. The molecular weight excluding hydrogens is 607 g/mol. The Hall–Kier alpha value is -1.66. The summed E-state index contributed by atoms with van der Waals surface area (Å²) in [4.78, 5) is 0. The summed E-state index contributed by atoms with van der Waals surface area (Å²) in [6.07, 6.45) is 11.3. The van der Waals surface area contributed by atoms with Crippen LogP contribution in [0.5, 0.6) is 0 Å². The molecule has 0 radical (unpaired) electrons. The third kappa shape index (κ3) is 6.86. The van der Waals surface area contributed by atoms with Crippen molar-refractivity contribution in [1.29, 1.82) is 0 Å². The molecule has 4 aromatic carbocycles. The van der Waals surface area contributed by atoms with Gasteiger partial charge in [-0.05, 0) is 43.4 Å². The molecule has 4 bridgehead atoms. The molecule has 0 nitrogen and oxygen atoms in total. The van der Waals surface area contributed by atoms with Crippen molar-refractivity contribution in [3.63, 3.8) is 0 Å². The zero-order valence-electron chi connectivity index (χ0n) is 23.4. The second-order valence-electron chi connectivity index (χ2n) is 12.2. The van der Waals surface area contributed by atoms with Gasteiger partial charge in [-0.3, -0.25) is 0 Å². The average Bonchev–Trinajstić information content (AvgIpc) is 3.54. The summed E-state index contributed by atoms with van der Waals surface area (Å²) in [6, 6.07) is 35.8. The van der Waals surface area contributed by atoms with Gasteiger partial charge in [-0.25, -0.2) is 6.07 Å². The zero-order valence-corrected chi connectivity index (χ0v) is 27.4. The van der Waals surface area contributed by atoms with Gasteiger partial charge in [-0.15, -0.1) is 5.56 Å². The van der Waals surface area contributed by atoms with Crippen molar-refractivity contribution in [2.24, 2.45) is 17.8 Å². The summed E-state index contributed by atoms with van der Waals surface area (Å²) in [5.41, 5.74) is 10.7. The maximum atomic E-state index is 3.30. The normalized spacial score (nSPS) is 24.1. The van der Waals surface area contributed by atoms with E-state index in [-0.39, 0.29) is 24.8 Å². The summed E-state index contributed by atoms with van der Waals surface area (Å²) in [6.45, 7) is 2.24. The number of halogens is 2. The standard InChI is InChI=1S/C16H21.C13H9.C8H8.2ClH.Zr/c1-11-2-3-15(4-11)16-8-12-5-13(9-16)7-14(6-12)10-16;1-3-7-12-10(5-1)9-11-6-2-4-8-13(11)12;1-2-8-6-4-3-5-7-8;;;/h2-4,12-14H,5-10H2,1H3;1-5,7-8H,9H2;1,3-7H,2H2;2*1H;/q2*-1;;;;+2/p-2. The first-order chi connectivity index (χ1) is 18.6. The van der Waals surface area contributed by atoms with Gasteiger partial charge in [0.05, 0.1) is 0 Å². The number of hydrogen-bond acceptors (Lipinski definition) is 0. The van der Waals surface area contributed by atoms with Gasteiger partial charge >= 0.3 is 70.3 Å². The molecule has 0 N–H and O–H groups in total. The predicted octanol–water partition coefficient (Wildman–Crippen LogP) is 2.83. The number of aryl methyl sites for hydroxylation is 1. The van der Waals surface area contributed by atoms with Gasteiger partial charge in [0.1, 0.15) is 0 Å². The minimum atomic E-state index is 0. The van der Waals surface area contributed by atoms with Crippen LogP contribution in [0.25, 0.3) is 11.1 Å². The fraction of sp³-hybridized carbons (Fsp3) is 0.351. The Bertz CT molecular complexity index is 1310. The van der Waals surface area contributed by atoms with Gasteiger partial charge in [0.15, 0.2) is 0 Å². The molecule has 0 spiro atoms. The predicted molar refractivity (Wildman–Crippen MR) is 156 cm³/mol. The molecule has 4 aromatic rings. The van der Waals surface area contributed by atoms with Gasteiger partial charge in [-0.1, -0.05) is 67.0 Å². The van der Waals surface area contributed by atoms with Crippen molar-refractivity contribution in [2.75, 3.05) is 0 Å². The van der Waals surface area contributed by atoms with Gasteiger partial charge in [-0.2, -0.15) is 53.1 Å². The van der Waals surface area contributed by atoms with Crippen molar-refractivity contribution in [3.05, 3.63) is 125 Å². The Labute approximate surface area is 268 Å². The maximum Gasteiger partial charge on any atom is -0.0253 e. The Morgan fingerprint density at radius 2 is 1.48 bits per heavy atom. The van der Waals surface area contributed by atoms with E-state index in [0.29, 0.717) is 5.41 Å². The van der Waals surface area contributed by atoms with Gasteiger partial charge < -0.3 is 24.8 Å². The molecule has 0 unspecified atom stereocenters. The van der Waals surface area contributed by atoms with Crippen LogP contribution in [0.3, 0.4) is 0 Å². The van der Waals surface area contributed by atoms with Crippen LogP contribution >= 0.6 is 0 Å². The monoisotopic (exact) mass is 642 g/mol. The summed E-state index contributed by atoms with van der Waals surface area (Å²) < 4.78 is 2.25. The van der Waals surface area contributed by atoms with E-state index < -0.39 is 0 Å². The molecule has 3 heteroatoms. The molecule has 9 rings (SSSR count). The molecule has 0 atom stereocenters. The number of hydrogen-bond donors (Lipinski definition) is 0. The van der Waals surface area contributed by atoms with Gasteiger partial charge in [0.25, 0.3) is 0 Å². The molecule has 0 aromatic heterocycles. The number of rotatable bonds is 3. The van der Waals surface area contributed by atoms with Crippen LogP contribution in [0.15, 0.2) is 91.0 Å². The Balaban J connectivity index is 0.000000141. The SMILES string of the molecule is Cc1cc(C23CC4CC(CC(C4)C2)C3)c[cH-]1.[Cl-].[Cl-].[Zr+2]=[CH]Cc1ccccc1.[c-]1cccc2c1Cc1ccccc1-2. The van der Waals surface area contributed by atoms with Crippen LogP contribution in [0.4, 0.5) is 0 Å². The molecule has 206 valence electrons. The average molecular weight is 645 g/mol. The molecule has 5 aliphatic carbocycles. The van der Waals surface area contributed by atoms with Crippen LogP contribution in [0.2, 0.25) is 0 Å². The summed E-state index contributed by atoms with van der Waals surface area (Å²) >= 11 is 1.51. The van der Waals surface area contributed by atoms with Crippen molar-refractivity contribution >= 4 is 3.71 Å². The summed E-state index contributed by atoms with van der Waals surface area (Å²) in [7, 11) is 0. The molecule has 40 heavy (non-hydrogen) atoms. The van der Waals surface area contributed by atoms with Gasteiger partial charge in [0, 0.05) is 0 Å². The van der Waals surface area contributed by atoms with Crippen molar-refractivity contribution in [1.82, 2.24) is 0 Å². The molecular formula is C37H38Cl2Zr-2. The quantitative estimate of drug-likeness (QED) is 0.265. The zero-order chi connectivity index (χ0) is 26.0. The first-order valence-corrected chi connectivity index (χ1v) is 15.9. The third-order valence-corrected chi connectivity index (χ3v) is 9.86. The van der Waals surface area contributed by atoms with E-state index in [1.807, 2.05) is 12.1 Å². The largest absolute Gasteiger partial charge is 0.179 e. The Morgan fingerprint density at radius 3 is 2.10 bits per heavy atom. The van der Waals surface area contributed by atoms with Crippen molar-refractivity contribution in [3.8, 4) is 11.1 Å². The van der Waals surface area contributed by atoms with Crippen LogP contribution in [-0.4, -0.2) is 3.71 Å². The molecule has 0 saturated heterocycles. The first-order valence-electron chi connectivity index (χ1n) is 14.5. The van der Waals surface area contributed by atoms with Crippen molar-refractivity contribution < 1.29 is 49.0 Å². The minimum absolute atomic E-state index is 0. The molecule has 5 aliphatic rings. The van der Waals surface area contributed by atoms with E-state index in [1.54, 1.807) is 24.8 Å². The second kappa shape index (κ2) is 14.0.